The van der Waals surface area contributed by atoms with Crippen molar-refractivity contribution in [3.63, 3.8) is 0 Å². The highest BCUT2D eigenvalue weighted by atomic mass is 32.1. The zero-order valence-corrected chi connectivity index (χ0v) is 17.2. The van der Waals surface area contributed by atoms with Gasteiger partial charge in [0.2, 0.25) is 0 Å². The largest absolute Gasteiger partial charge is 0.384 e. The minimum absolute atomic E-state index is 0.0856. The Balaban J connectivity index is 2.30. The van der Waals surface area contributed by atoms with Gasteiger partial charge in [0.15, 0.2) is 5.78 Å². The lowest BCUT2D eigenvalue weighted by Crippen LogP contribution is -2.36. The van der Waals surface area contributed by atoms with Gasteiger partial charge >= 0.3 is 0 Å². The summed E-state index contributed by atoms with van der Waals surface area (Å²) >= 11 is 5.59. The quantitative estimate of drug-likeness (QED) is 0.494. The standard InChI is InChI=1S/C23H28N2OS/c1-5-10-17(11-6-2)16-24-19-14-23(3,4)15-20(26)21(19)22(27)25-18-12-8-7-9-13-18/h5-13,24H,1,14-16H2,2-4H3,(H,25,27)/b11-6-,17-10+. The zero-order valence-electron chi connectivity index (χ0n) is 16.3. The summed E-state index contributed by atoms with van der Waals surface area (Å²) < 4.78 is 0. The minimum Gasteiger partial charge on any atom is -0.384 e. The first-order chi connectivity index (χ1) is 12.9. The maximum absolute atomic E-state index is 12.9. The first kappa shape index (κ1) is 20.8. The summed E-state index contributed by atoms with van der Waals surface area (Å²) in [6.07, 6.45) is 9.03. The van der Waals surface area contributed by atoms with Crippen LogP contribution in [0.4, 0.5) is 5.69 Å². The van der Waals surface area contributed by atoms with E-state index in [1.165, 1.54) is 0 Å². The average Bonchev–Trinajstić information content (AvgIpc) is 2.59. The van der Waals surface area contributed by atoms with E-state index < -0.39 is 0 Å². The Bertz CT molecular complexity index is 801. The molecule has 0 amide bonds. The van der Waals surface area contributed by atoms with Gasteiger partial charge in [-0.1, -0.05) is 75.1 Å². The molecule has 0 aliphatic heterocycles. The lowest BCUT2D eigenvalue weighted by atomic mass is 9.75. The van der Waals surface area contributed by atoms with E-state index in [2.05, 4.69) is 31.1 Å². The Hall–Kier alpha value is -2.46. The van der Waals surface area contributed by atoms with E-state index in [4.69, 9.17) is 12.2 Å². The van der Waals surface area contributed by atoms with Crippen LogP contribution in [0.2, 0.25) is 0 Å². The van der Waals surface area contributed by atoms with Crippen molar-refractivity contribution < 1.29 is 4.79 Å². The number of benzene rings is 1. The number of hydrogen-bond donors (Lipinski definition) is 2. The van der Waals surface area contributed by atoms with Crippen molar-refractivity contribution in [2.75, 3.05) is 11.9 Å². The van der Waals surface area contributed by atoms with Crippen LogP contribution in [-0.2, 0) is 4.79 Å². The number of thiocarbonyl (C=S) groups is 1. The number of para-hydroxylation sites is 1. The fourth-order valence-corrected chi connectivity index (χ4v) is 3.55. The molecule has 0 radical (unpaired) electrons. The molecule has 0 aromatic heterocycles. The molecule has 1 aromatic carbocycles. The molecule has 0 saturated carbocycles. The Labute approximate surface area is 167 Å². The van der Waals surface area contributed by atoms with Crippen LogP contribution in [0.15, 0.2) is 78.1 Å². The monoisotopic (exact) mass is 380 g/mol. The number of rotatable bonds is 7. The van der Waals surface area contributed by atoms with Gasteiger partial charge in [-0.25, -0.2) is 0 Å². The lowest BCUT2D eigenvalue weighted by Gasteiger charge is -2.33. The Morgan fingerprint density at radius 3 is 2.59 bits per heavy atom. The third kappa shape index (κ3) is 6.04. The van der Waals surface area contributed by atoms with Gasteiger partial charge in [0.1, 0.15) is 4.99 Å². The lowest BCUT2D eigenvalue weighted by molar-refractivity contribution is -0.117. The number of carbonyl (C=O) groups is 1. The molecule has 2 rings (SSSR count). The molecule has 0 spiro atoms. The van der Waals surface area contributed by atoms with E-state index in [0.717, 1.165) is 23.4 Å². The van der Waals surface area contributed by atoms with Gasteiger partial charge in [-0.2, -0.15) is 0 Å². The van der Waals surface area contributed by atoms with Crippen LogP contribution in [0.1, 0.15) is 33.6 Å². The highest BCUT2D eigenvalue weighted by molar-refractivity contribution is 7.81. The summed E-state index contributed by atoms with van der Waals surface area (Å²) in [5.74, 6) is 0.0856. The molecule has 2 N–H and O–H groups in total. The van der Waals surface area contributed by atoms with Crippen LogP contribution in [-0.4, -0.2) is 17.3 Å². The summed E-state index contributed by atoms with van der Waals surface area (Å²) in [6, 6.07) is 9.70. The van der Waals surface area contributed by atoms with Crippen LogP contribution < -0.4 is 10.6 Å². The molecular formula is C23H28N2OS. The second-order valence-electron chi connectivity index (χ2n) is 7.45. The Kier molecular flexibility index (Phi) is 7.31. The Morgan fingerprint density at radius 2 is 1.96 bits per heavy atom. The van der Waals surface area contributed by atoms with Gasteiger partial charge in [0, 0.05) is 24.4 Å². The predicted molar refractivity (Wildman–Crippen MR) is 119 cm³/mol. The van der Waals surface area contributed by atoms with Crippen molar-refractivity contribution in [2.45, 2.75) is 33.6 Å². The number of Topliss-reactive ketones (excluding diaryl/α,β-unsaturated/α-hetero) is 1. The van der Waals surface area contributed by atoms with Crippen molar-refractivity contribution in [3.8, 4) is 0 Å². The van der Waals surface area contributed by atoms with Gasteiger partial charge in [-0.3, -0.25) is 4.79 Å². The highest BCUT2D eigenvalue weighted by Crippen LogP contribution is 2.36. The normalized spacial score (nSPS) is 17.1. The van der Waals surface area contributed by atoms with Gasteiger partial charge in [0.05, 0.1) is 5.57 Å². The smallest absolute Gasteiger partial charge is 0.168 e. The van der Waals surface area contributed by atoms with Crippen molar-refractivity contribution >= 4 is 28.7 Å². The van der Waals surface area contributed by atoms with Gasteiger partial charge in [0.25, 0.3) is 0 Å². The van der Waals surface area contributed by atoms with Crippen LogP contribution in [0.5, 0.6) is 0 Å². The van der Waals surface area contributed by atoms with Gasteiger partial charge in [-0.05, 0) is 36.5 Å². The van der Waals surface area contributed by atoms with Crippen LogP contribution >= 0.6 is 12.2 Å². The summed E-state index contributed by atoms with van der Waals surface area (Å²) in [5.41, 5.74) is 3.40. The fraction of sp³-hybridized carbons (Fsp3) is 0.304. The molecule has 142 valence electrons. The predicted octanol–water partition coefficient (Wildman–Crippen LogP) is 5.35. The summed E-state index contributed by atoms with van der Waals surface area (Å²) in [5, 5.41) is 6.66. The third-order valence-corrected chi connectivity index (χ3v) is 4.66. The second kappa shape index (κ2) is 9.47. The van der Waals surface area contributed by atoms with E-state index in [0.29, 0.717) is 23.5 Å². The average molecular weight is 381 g/mol. The molecule has 1 aromatic rings. The molecule has 0 atom stereocenters. The van der Waals surface area contributed by atoms with Crippen molar-refractivity contribution in [3.05, 3.63) is 78.1 Å². The number of allylic oxidation sites excluding steroid dienone is 4. The van der Waals surface area contributed by atoms with Crippen molar-refractivity contribution in [1.29, 1.82) is 0 Å². The molecule has 0 heterocycles. The molecule has 0 unspecified atom stereocenters. The number of anilines is 1. The molecule has 0 bridgehead atoms. The van der Waals surface area contributed by atoms with Crippen LogP contribution in [0.3, 0.4) is 0 Å². The molecule has 0 fully saturated rings. The molecule has 27 heavy (non-hydrogen) atoms. The molecule has 1 aliphatic carbocycles. The number of ketones is 1. The first-order valence-electron chi connectivity index (χ1n) is 9.17. The zero-order chi connectivity index (χ0) is 19.9. The highest BCUT2D eigenvalue weighted by Gasteiger charge is 2.34. The van der Waals surface area contributed by atoms with Crippen LogP contribution in [0.25, 0.3) is 0 Å². The van der Waals surface area contributed by atoms with Gasteiger partial charge < -0.3 is 10.6 Å². The SMILES string of the molecule is C=C/C=C(\C=C/C)CNC1=C(C(=S)Nc2ccccc2)C(=O)CC(C)(C)C1. The third-order valence-electron chi connectivity index (χ3n) is 4.35. The molecule has 1 aliphatic rings. The summed E-state index contributed by atoms with van der Waals surface area (Å²) in [7, 11) is 0. The van der Waals surface area contributed by atoms with Gasteiger partial charge in [-0.15, -0.1) is 0 Å². The van der Waals surface area contributed by atoms with E-state index in [1.54, 1.807) is 6.08 Å². The molecule has 4 heteroatoms. The minimum atomic E-state index is -0.0891. The van der Waals surface area contributed by atoms with E-state index in [9.17, 15) is 4.79 Å². The first-order valence-corrected chi connectivity index (χ1v) is 9.58. The number of carbonyl (C=O) groups excluding carboxylic acids is 1. The molecule has 0 saturated heterocycles. The number of nitrogens with one attached hydrogen (secondary N) is 2. The number of hydrogen-bond acceptors (Lipinski definition) is 3. The second-order valence-corrected chi connectivity index (χ2v) is 7.85. The summed E-state index contributed by atoms with van der Waals surface area (Å²) in [6.45, 7) is 10.6. The summed E-state index contributed by atoms with van der Waals surface area (Å²) in [4.78, 5) is 13.4. The van der Waals surface area contributed by atoms with E-state index in [1.807, 2.05) is 55.5 Å². The maximum atomic E-state index is 12.9. The van der Waals surface area contributed by atoms with E-state index in [-0.39, 0.29) is 11.2 Å². The fourth-order valence-electron chi connectivity index (χ4n) is 3.20. The topological polar surface area (TPSA) is 41.1 Å². The maximum Gasteiger partial charge on any atom is 0.168 e. The van der Waals surface area contributed by atoms with Crippen molar-refractivity contribution in [1.82, 2.24) is 5.32 Å². The van der Waals surface area contributed by atoms with Crippen LogP contribution in [0, 0.1) is 5.41 Å². The molecule has 3 nitrogen and oxygen atoms in total. The van der Waals surface area contributed by atoms with Crippen molar-refractivity contribution in [2.24, 2.45) is 5.41 Å². The van der Waals surface area contributed by atoms with E-state index >= 15 is 0 Å². The molecular weight excluding hydrogens is 352 g/mol. The Morgan fingerprint density at radius 1 is 1.26 bits per heavy atom.